The summed E-state index contributed by atoms with van der Waals surface area (Å²) >= 11 is 1.55. The molecular weight excluding hydrogens is 391 g/mol. The van der Waals surface area contributed by atoms with Crippen LogP contribution in [0.15, 0.2) is 58.3 Å². The van der Waals surface area contributed by atoms with E-state index in [1.807, 2.05) is 69.3 Å². The zero-order valence-corrected chi connectivity index (χ0v) is 18.1. The van der Waals surface area contributed by atoms with Crippen LogP contribution in [0.5, 0.6) is 0 Å². The first-order valence-corrected chi connectivity index (χ1v) is 11.8. The molecule has 0 spiro atoms. The van der Waals surface area contributed by atoms with Crippen LogP contribution in [0.3, 0.4) is 0 Å². The van der Waals surface area contributed by atoms with E-state index >= 15 is 0 Å². The molecule has 1 atom stereocenters. The molecule has 2 aromatic rings. The van der Waals surface area contributed by atoms with Crippen molar-refractivity contribution >= 4 is 24.7 Å². The van der Waals surface area contributed by atoms with E-state index in [1.165, 1.54) is 0 Å². The zero-order valence-electron chi connectivity index (χ0n) is 16.3. The molecule has 2 aromatic carbocycles. The number of aliphatic hydroxyl groups excluding tert-OH is 1. The Kier molecular flexibility index (Phi) is 5.32. The first-order valence-electron chi connectivity index (χ1n) is 9.42. The van der Waals surface area contributed by atoms with Gasteiger partial charge in [0.1, 0.15) is 0 Å². The van der Waals surface area contributed by atoms with Crippen molar-refractivity contribution in [2.24, 2.45) is 5.41 Å². The zero-order chi connectivity index (χ0) is 19.9. The Morgan fingerprint density at radius 1 is 1.11 bits per heavy atom. The molecule has 148 valence electrons. The third-order valence-corrected chi connectivity index (χ3v) is 8.38. The molecule has 1 fully saturated rings. The molecule has 0 aromatic heterocycles. The number of fused-ring (bicyclic) bond motifs is 1. The van der Waals surface area contributed by atoms with Crippen LogP contribution < -0.4 is 0 Å². The Bertz CT molecular complexity index is 951. The highest BCUT2D eigenvalue weighted by Crippen LogP contribution is 2.67. The lowest BCUT2D eigenvalue weighted by Crippen LogP contribution is -2.29. The first-order chi connectivity index (χ1) is 13.3. The van der Waals surface area contributed by atoms with Crippen LogP contribution in [0.4, 0.5) is 0 Å². The standard InChI is InChI=1S/C22H25O4PS/c1-15-8-10-16(11-9-15)21(27(24)25-13-22(2,3)14-26-27)20-12-18(23)17-6-4-5-7-19(17)28-20/h4-11,18,23H,12-14H2,1-3H3/b21-20+. The van der Waals surface area contributed by atoms with E-state index in [-0.39, 0.29) is 5.41 Å². The second-order valence-electron chi connectivity index (χ2n) is 8.21. The molecule has 1 unspecified atom stereocenters. The van der Waals surface area contributed by atoms with Gasteiger partial charge in [0.05, 0.1) is 24.6 Å². The minimum Gasteiger partial charge on any atom is -0.388 e. The van der Waals surface area contributed by atoms with Gasteiger partial charge in [-0.3, -0.25) is 4.57 Å². The number of rotatable bonds is 2. The van der Waals surface area contributed by atoms with E-state index in [0.29, 0.717) is 24.9 Å². The van der Waals surface area contributed by atoms with Gasteiger partial charge in [-0.15, -0.1) is 0 Å². The van der Waals surface area contributed by atoms with Gasteiger partial charge >= 0.3 is 7.60 Å². The van der Waals surface area contributed by atoms with E-state index in [1.54, 1.807) is 11.8 Å². The normalized spacial score (nSPS) is 25.1. The van der Waals surface area contributed by atoms with Crippen molar-refractivity contribution in [1.82, 2.24) is 0 Å². The third kappa shape index (κ3) is 3.87. The number of aryl methyl sites for hydroxylation is 1. The Morgan fingerprint density at radius 2 is 1.75 bits per heavy atom. The highest BCUT2D eigenvalue weighted by Gasteiger charge is 2.42. The van der Waals surface area contributed by atoms with Gasteiger partial charge in [-0.05, 0) is 24.1 Å². The van der Waals surface area contributed by atoms with Gasteiger partial charge in [-0.1, -0.05) is 73.6 Å². The number of thioether (sulfide) groups is 1. The van der Waals surface area contributed by atoms with Crippen molar-refractivity contribution < 1.29 is 18.7 Å². The van der Waals surface area contributed by atoms with Gasteiger partial charge in [-0.25, -0.2) is 0 Å². The van der Waals surface area contributed by atoms with Crippen LogP contribution >= 0.6 is 19.4 Å². The van der Waals surface area contributed by atoms with Crippen LogP contribution in [-0.2, 0) is 13.6 Å². The average molecular weight is 416 g/mol. The lowest BCUT2D eigenvalue weighted by atomic mass is 9.97. The topological polar surface area (TPSA) is 55.8 Å². The van der Waals surface area contributed by atoms with Crippen molar-refractivity contribution in [2.45, 2.75) is 38.2 Å². The van der Waals surface area contributed by atoms with Gasteiger partial charge in [0.2, 0.25) is 0 Å². The van der Waals surface area contributed by atoms with Crippen LogP contribution in [0, 0.1) is 12.3 Å². The molecule has 2 aliphatic heterocycles. The smallest absolute Gasteiger partial charge is 0.362 e. The van der Waals surface area contributed by atoms with E-state index in [2.05, 4.69) is 0 Å². The molecule has 1 saturated heterocycles. The van der Waals surface area contributed by atoms with Crippen LogP contribution in [0.25, 0.3) is 5.31 Å². The summed E-state index contributed by atoms with van der Waals surface area (Å²) < 4.78 is 25.6. The number of hydrogen-bond donors (Lipinski definition) is 1. The SMILES string of the molecule is Cc1ccc(/C(=C2/CC(O)c3ccccc3S2)P2(=O)OCC(C)(C)CO2)cc1. The summed E-state index contributed by atoms with van der Waals surface area (Å²) in [6.07, 6.45) is -0.244. The molecule has 0 radical (unpaired) electrons. The summed E-state index contributed by atoms with van der Waals surface area (Å²) in [4.78, 5) is 1.82. The number of benzene rings is 2. The maximum atomic E-state index is 13.8. The van der Waals surface area contributed by atoms with Gasteiger partial charge in [0.25, 0.3) is 0 Å². The molecule has 4 rings (SSSR count). The molecule has 0 amide bonds. The fourth-order valence-corrected chi connectivity index (χ4v) is 7.26. The Balaban J connectivity index is 1.84. The fraction of sp³-hybridized carbons (Fsp3) is 0.364. The van der Waals surface area contributed by atoms with Crippen molar-refractivity contribution in [3.8, 4) is 0 Å². The fourth-order valence-electron chi connectivity index (χ4n) is 3.36. The largest absolute Gasteiger partial charge is 0.388 e. The average Bonchev–Trinajstić information content (AvgIpc) is 2.67. The van der Waals surface area contributed by atoms with Crippen molar-refractivity contribution in [2.75, 3.05) is 13.2 Å². The summed E-state index contributed by atoms with van der Waals surface area (Å²) in [5.74, 6) is 0. The highest BCUT2D eigenvalue weighted by molar-refractivity contribution is 8.03. The molecule has 2 heterocycles. The van der Waals surface area contributed by atoms with Crippen molar-refractivity contribution in [3.63, 3.8) is 0 Å². The monoisotopic (exact) mass is 416 g/mol. The summed E-state index contributed by atoms with van der Waals surface area (Å²) in [5, 5.41) is 11.3. The Morgan fingerprint density at radius 3 is 2.43 bits per heavy atom. The minimum absolute atomic E-state index is 0.178. The second kappa shape index (κ2) is 7.47. The molecule has 4 nitrogen and oxygen atoms in total. The first kappa shape index (κ1) is 19.9. The summed E-state index contributed by atoms with van der Waals surface area (Å²) in [6, 6.07) is 15.7. The third-order valence-electron chi connectivity index (χ3n) is 5.00. The number of aliphatic hydroxyl groups is 1. The van der Waals surface area contributed by atoms with Crippen LogP contribution in [0.2, 0.25) is 0 Å². The predicted molar refractivity (Wildman–Crippen MR) is 113 cm³/mol. The van der Waals surface area contributed by atoms with E-state index < -0.39 is 13.7 Å². The quantitative estimate of drug-likeness (QED) is 0.594. The van der Waals surface area contributed by atoms with Crippen LogP contribution in [-0.4, -0.2) is 18.3 Å². The van der Waals surface area contributed by atoms with Crippen molar-refractivity contribution in [3.05, 3.63) is 70.1 Å². The van der Waals surface area contributed by atoms with Crippen molar-refractivity contribution in [1.29, 1.82) is 0 Å². The maximum absolute atomic E-state index is 13.8. The summed E-state index contributed by atoms with van der Waals surface area (Å²) in [5.41, 5.74) is 2.68. The Hall–Kier alpha value is -1.36. The molecule has 0 bridgehead atoms. The molecule has 2 aliphatic rings. The molecular formula is C22H25O4PS. The number of hydrogen-bond acceptors (Lipinski definition) is 5. The van der Waals surface area contributed by atoms with E-state index in [4.69, 9.17) is 9.05 Å². The summed E-state index contributed by atoms with van der Waals surface area (Å²) in [6.45, 7) is 6.83. The highest BCUT2D eigenvalue weighted by atomic mass is 32.2. The molecule has 28 heavy (non-hydrogen) atoms. The van der Waals surface area contributed by atoms with Gasteiger partial charge in [-0.2, -0.15) is 0 Å². The lowest BCUT2D eigenvalue weighted by Gasteiger charge is -2.36. The van der Waals surface area contributed by atoms with Gasteiger partial charge in [0.15, 0.2) is 0 Å². The van der Waals surface area contributed by atoms with Gasteiger partial charge in [0, 0.05) is 21.6 Å². The van der Waals surface area contributed by atoms with Crippen LogP contribution in [0.1, 0.15) is 43.1 Å². The summed E-state index contributed by atoms with van der Waals surface area (Å²) in [7, 11) is -3.50. The lowest BCUT2D eigenvalue weighted by molar-refractivity contribution is 0.0467. The van der Waals surface area contributed by atoms with Gasteiger partial charge < -0.3 is 14.2 Å². The molecule has 6 heteroatoms. The second-order valence-corrected chi connectivity index (χ2v) is 11.3. The molecule has 1 N–H and O–H groups in total. The van der Waals surface area contributed by atoms with E-state index in [0.717, 1.165) is 26.5 Å². The minimum atomic E-state index is -3.50. The molecule has 0 aliphatic carbocycles. The Labute approximate surface area is 170 Å². The maximum Gasteiger partial charge on any atom is 0.362 e. The van der Waals surface area contributed by atoms with E-state index in [9.17, 15) is 9.67 Å². The predicted octanol–water partition coefficient (Wildman–Crippen LogP) is 6.16. The molecule has 0 saturated carbocycles.